The van der Waals surface area contributed by atoms with Gasteiger partial charge in [0, 0.05) is 13.1 Å². The van der Waals surface area contributed by atoms with Gasteiger partial charge in [0.1, 0.15) is 0 Å². The Hall–Kier alpha value is -1.19. The Labute approximate surface area is 52.2 Å². The lowest BCUT2D eigenvalue weighted by molar-refractivity contribution is -0.133. The Morgan fingerprint density at radius 1 is 1.89 bits per heavy atom. The van der Waals surface area contributed by atoms with E-state index in [1.54, 1.807) is 6.21 Å². The molecular formula is C5H6N2O2. The van der Waals surface area contributed by atoms with E-state index in [4.69, 9.17) is 0 Å². The smallest absolute Gasteiger partial charge is 0.309 e. The number of rotatable bonds is 0. The maximum atomic E-state index is 10.2. The van der Waals surface area contributed by atoms with E-state index in [2.05, 4.69) is 14.9 Å². The van der Waals surface area contributed by atoms with Crippen LogP contribution in [-0.4, -0.2) is 18.1 Å². The van der Waals surface area contributed by atoms with E-state index >= 15 is 0 Å². The number of hydrogen-bond donors (Lipinski definition) is 0. The second kappa shape index (κ2) is 2.39. The van der Waals surface area contributed by atoms with Crippen LogP contribution in [0.25, 0.3) is 0 Å². The van der Waals surface area contributed by atoms with Crippen LogP contribution in [0.5, 0.6) is 0 Å². The number of ether oxygens (including phenoxy) is 1. The van der Waals surface area contributed by atoms with E-state index in [9.17, 15) is 4.79 Å². The normalized spacial score (nSPS) is 15.4. The molecule has 1 rings (SSSR count). The van der Waals surface area contributed by atoms with Crippen molar-refractivity contribution in [3.05, 3.63) is 0 Å². The first kappa shape index (κ1) is 5.94. The summed E-state index contributed by atoms with van der Waals surface area (Å²) in [6, 6.07) is 0. The first-order valence-corrected chi connectivity index (χ1v) is 2.56. The molecule has 4 heteroatoms. The average Bonchev–Trinajstić information content (AvgIpc) is 2.15. The minimum atomic E-state index is -0.348. The lowest BCUT2D eigenvalue weighted by Gasteiger charge is -1.94. The fourth-order valence-corrected chi connectivity index (χ4v) is 0.493. The summed E-state index contributed by atoms with van der Waals surface area (Å²) in [7, 11) is 0. The van der Waals surface area contributed by atoms with Crippen LogP contribution >= 0.6 is 0 Å². The van der Waals surface area contributed by atoms with Crippen LogP contribution in [0.4, 0.5) is 0 Å². The molecule has 0 N–H and O–H groups in total. The van der Waals surface area contributed by atoms with E-state index in [-0.39, 0.29) is 5.97 Å². The Balaban J connectivity index is 2.39. The quantitative estimate of drug-likeness (QED) is 0.439. The predicted molar refractivity (Wildman–Crippen MR) is 32.3 cm³/mol. The molecule has 0 spiro atoms. The van der Waals surface area contributed by atoms with Gasteiger partial charge in [-0.1, -0.05) is 0 Å². The van der Waals surface area contributed by atoms with Crippen LogP contribution in [0, 0.1) is 0 Å². The predicted octanol–water partition coefficient (Wildman–Crippen LogP) is 0.338. The summed E-state index contributed by atoms with van der Waals surface area (Å²) in [6.07, 6.45) is 2.11. The maximum Gasteiger partial charge on any atom is 0.309 e. The lowest BCUT2D eigenvalue weighted by atomic mass is 10.5. The molecule has 4 nitrogen and oxygen atoms in total. The van der Waals surface area contributed by atoms with Gasteiger partial charge >= 0.3 is 5.97 Å². The molecule has 0 saturated heterocycles. The second-order valence-corrected chi connectivity index (χ2v) is 1.59. The molecule has 0 radical (unpaired) electrons. The van der Waals surface area contributed by atoms with E-state index < -0.39 is 0 Å². The van der Waals surface area contributed by atoms with Gasteiger partial charge in [0.05, 0.1) is 6.42 Å². The molecule has 1 aliphatic rings. The highest BCUT2D eigenvalue weighted by molar-refractivity contribution is 5.97. The van der Waals surface area contributed by atoms with Crippen molar-refractivity contribution in [3.63, 3.8) is 0 Å². The molecule has 0 aromatic heterocycles. The fourth-order valence-electron chi connectivity index (χ4n) is 0.493. The van der Waals surface area contributed by atoms with Gasteiger partial charge in [0.2, 0.25) is 5.90 Å². The van der Waals surface area contributed by atoms with Crippen molar-refractivity contribution in [2.75, 3.05) is 0 Å². The maximum absolute atomic E-state index is 10.2. The molecular weight excluding hydrogens is 120 g/mol. The summed E-state index contributed by atoms with van der Waals surface area (Å²) < 4.78 is 4.60. The Morgan fingerprint density at radius 3 is 3.11 bits per heavy atom. The van der Waals surface area contributed by atoms with Crippen LogP contribution in [0.15, 0.2) is 10.2 Å². The Morgan fingerprint density at radius 2 is 2.67 bits per heavy atom. The first-order valence-electron chi connectivity index (χ1n) is 2.56. The third-order valence-corrected chi connectivity index (χ3v) is 0.778. The number of carbonyl (C=O) groups excluding carboxylic acids is 1. The highest BCUT2D eigenvalue weighted by atomic mass is 16.5. The van der Waals surface area contributed by atoms with Crippen molar-refractivity contribution >= 4 is 18.1 Å². The zero-order valence-corrected chi connectivity index (χ0v) is 5.00. The molecule has 0 fully saturated rings. The molecule has 0 amide bonds. The second-order valence-electron chi connectivity index (χ2n) is 1.59. The number of carbonyl (C=O) groups is 1. The van der Waals surface area contributed by atoms with Gasteiger partial charge in [0.15, 0.2) is 0 Å². The van der Waals surface area contributed by atoms with E-state index in [1.807, 2.05) is 0 Å². The van der Waals surface area contributed by atoms with Crippen molar-refractivity contribution in [2.45, 2.75) is 13.3 Å². The summed E-state index contributed by atoms with van der Waals surface area (Å²) in [5.41, 5.74) is 0. The van der Waals surface area contributed by atoms with Crippen LogP contribution < -0.4 is 0 Å². The molecule has 9 heavy (non-hydrogen) atoms. The first-order chi connectivity index (χ1) is 4.29. The minimum absolute atomic E-state index is 0.348. The van der Waals surface area contributed by atoms with E-state index in [0.29, 0.717) is 12.3 Å². The summed E-state index contributed by atoms with van der Waals surface area (Å²) in [5.74, 6) is 0.0294. The van der Waals surface area contributed by atoms with Gasteiger partial charge in [-0.05, 0) is 0 Å². The third-order valence-electron chi connectivity index (χ3n) is 0.778. The zero-order valence-electron chi connectivity index (χ0n) is 5.00. The molecule has 0 bridgehead atoms. The fraction of sp³-hybridized carbons (Fsp3) is 0.400. The Bertz CT molecular complexity index is 183. The van der Waals surface area contributed by atoms with Gasteiger partial charge in [-0.15, -0.1) is 5.10 Å². The monoisotopic (exact) mass is 126 g/mol. The van der Waals surface area contributed by atoms with Crippen LogP contribution in [0.3, 0.4) is 0 Å². The largest absolute Gasteiger partial charge is 0.410 e. The lowest BCUT2D eigenvalue weighted by Crippen LogP contribution is -2.06. The molecule has 0 unspecified atom stereocenters. The van der Waals surface area contributed by atoms with Gasteiger partial charge in [-0.25, -0.2) is 0 Å². The van der Waals surface area contributed by atoms with Crippen molar-refractivity contribution in [1.29, 1.82) is 0 Å². The zero-order chi connectivity index (χ0) is 6.69. The van der Waals surface area contributed by atoms with Gasteiger partial charge in [0.25, 0.3) is 0 Å². The number of nitrogens with zero attached hydrogens (tertiary/aromatic N) is 2. The topological polar surface area (TPSA) is 51.0 Å². The molecule has 0 saturated carbocycles. The van der Waals surface area contributed by atoms with E-state index in [0.717, 1.165) is 0 Å². The summed E-state index contributed by atoms with van der Waals surface area (Å²) >= 11 is 0. The molecule has 0 aliphatic carbocycles. The molecule has 1 aliphatic heterocycles. The van der Waals surface area contributed by atoms with Gasteiger partial charge < -0.3 is 4.74 Å². The standard InChI is InChI=1S/C5H6N2O2/c1-4(8)9-5-2-3-6-7-5/h3H,2H2,1H3. The number of hydrogen-bond acceptors (Lipinski definition) is 4. The van der Waals surface area contributed by atoms with E-state index in [1.165, 1.54) is 6.92 Å². The minimum Gasteiger partial charge on any atom is -0.410 e. The van der Waals surface area contributed by atoms with Gasteiger partial charge in [-0.2, -0.15) is 5.10 Å². The average molecular weight is 126 g/mol. The Kier molecular flexibility index (Phi) is 1.58. The number of esters is 1. The molecule has 0 aromatic rings. The molecule has 48 valence electrons. The summed E-state index contributed by atoms with van der Waals surface area (Å²) in [5, 5.41) is 7.02. The van der Waals surface area contributed by atoms with Crippen LogP contribution in [-0.2, 0) is 9.53 Å². The van der Waals surface area contributed by atoms with Crippen molar-refractivity contribution in [3.8, 4) is 0 Å². The third kappa shape index (κ3) is 1.64. The van der Waals surface area contributed by atoms with Crippen molar-refractivity contribution in [2.24, 2.45) is 10.2 Å². The summed E-state index contributed by atoms with van der Waals surface area (Å²) in [4.78, 5) is 10.2. The van der Waals surface area contributed by atoms with Crippen LogP contribution in [0.1, 0.15) is 13.3 Å². The SMILES string of the molecule is CC(=O)OC1=NN=CC1. The molecule has 1 heterocycles. The van der Waals surface area contributed by atoms with Gasteiger partial charge in [-0.3, -0.25) is 4.79 Å². The highest BCUT2D eigenvalue weighted by Gasteiger charge is 2.05. The highest BCUT2D eigenvalue weighted by Crippen LogP contribution is 1.95. The van der Waals surface area contributed by atoms with Crippen molar-refractivity contribution in [1.82, 2.24) is 0 Å². The summed E-state index contributed by atoms with van der Waals surface area (Å²) in [6.45, 7) is 1.33. The van der Waals surface area contributed by atoms with Crippen molar-refractivity contribution < 1.29 is 9.53 Å². The molecule has 0 aromatic carbocycles. The molecule has 0 atom stereocenters. The van der Waals surface area contributed by atoms with Crippen LogP contribution in [0.2, 0.25) is 0 Å².